The molecule has 3 aliphatic carbocycles. The lowest BCUT2D eigenvalue weighted by atomic mass is 9.44. The number of aldehydes is 1. The molecule has 3 unspecified atom stereocenters. The van der Waals surface area contributed by atoms with Crippen LogP contribution >= 0.6 is 11.3 Å². The first-order valence-corrected chi connectivity index (χ1v) is 9.61. The van der Waals surface area contributed by atoms with E-state index in [1.54, 1.807) is 11.3 Å². The van der Waals surface area contributed by atoms with Crippen molar-refractivity contribution in [1.29, 1.82) is 0 Å². The quantitative estimate of drug-likeness (QED) is 0.844. The molecule has 3 nitrogen and oxygen atoms in total. The summed E-state index contributed by atoms with van der Waals surface area (Å²) in [6, 6.07) is 8.14. The third kappa shape index (κ3) is 2.31. The van der Waals surface area contributed by atoms with Crippen molar-refractivity contribution in [1.82, 2.24) is 5.32 Å². The van der Waals surface area contributed by atoms with Gasteiger partial charge < -0.3 is 10.1 Å². The van der Waals surface area contributed by atoms with Crippen LogP contribution in [0, 0.1) is 23.2 Å². The van der Waals surface area contributed by atoms with Crippen LogP contribution in [0.1, 0.15) is 43.5 Å². The second-order valence-corrected chi connectivity index (χ2v) is 8.81. The van der Waals surface area contributed by atoms with Crippen LogP contribution in [-0.2, 0) is 4.79 Å². The molecule has 2 aromatic rings. The van der Waals surface area contributed by atoms with Gasteiger partial charge in [-0.3, -0.25) is 4.79 Å². The van der Waals surface area contributed by atoms with Crippen molar-refractivity contribution in [3.63, 3.8) is 0 Å². The first kappa shape index (κ1) is 15.8. The van der Waals surface area contributed by atoms with Crippen molar-refractivity contribution in [3.05, 3.63) is 35.2 Å². The molecule has 2 bridgehead atoms. The maximum atomic E-state index is 12.9. The van der Waals surface area contributed by atoms with Crippen molar-refractivity contribution in [3.8, 4) is 0 Å². The van der Waals surface area contributed by atoms with E-state index >= 15 is 0 Å². The topological polar surface area (TPSA) is 46.2 Å². The molecule has 3 saturated carbocycles. The Hall–Kier alpha value is -1.68. The van der Waals surface area contributed by atoms with Gasteiger partial charge in [0, 0.05) is 27.9 Å². The molecule has 1 amide bonds. The lowest BCUT2D eigenvalue weighted by Crippen LogP contribution is -2.63. The Kier molecular flexibility index (Phi) is 3.75. The number of benzene rings is 1. The third-order valence-electron chi connectivity index (χ3n) is 6.50. The van der Waals surface area contributed by atoms with Crippen molar-refractivity contribution < 1.29 is 9.59 Å². The van der Waals surface area contributed by atoms with Gasteiger partial charge in [-0.2, -0.15) is 0 Å². The number of amides is 1. The Labute approximate surface area is 146 Å². The third-order valence-corrected chi connectivity index (χ3v) is 7.46. The molecule has 1 aromatic carbocycles. The number of nitrogens with one attached hydrogen (secondary N) is 1. The fourth-order valence-corrected chi connectivity index (χ4v) is 5.81. The van der Waals surface area contributed by atoms with Crippen LogP contribution in [0.5, 0.6) is 0 Å². The van der Waals surface area contributed by atoms with Gasteiger partial charge in [0.15, 0.2) is 0 Å². The molecule has 3 aliphatic rings. The van der Waals surface area contributed by atoms with Crippen molar-refractivity contribution in [2.75, 3.05) is 0 Å². The van der Waals surface area contributed by atoms with Gasteiger partial charge in [-0.1, -0.05) is 32.0 Å². The molecule has 0 spiro atoms. The largest absolute Gasteiger partial charge is 0.349 e. The summed E-state index contributed by atoms with van der Waals surface area (Å²) in [6.45, 7) is 4.62. The highest BCUT2D eigenvalue weighted by molar-refractivity contribution is 7.17. The van der Waals surface area contributed by atoms with E-state index < -0.39 is 0 Å². The second-order valence-electron chi connectivity index (χ2n) is 7.90. The summed E-state index contributed by atoms with van der Waals surface area (Å²) in [4.78, 5) is 24.0. The molecule has 0 radical (unpaired) electrons. The zero-order chi connectivity index (χ0) is 16.9. The zero-order valence-electron chi connectivity index (χ0n) is 14.1. The molecule has 3 fully saturated rings. The van der Waals surface area contributed by atoms with E-state index in [-0.39, 0.29) is 23.3 Å². The maximum Gasteiger partial charge on any atom is 0.252 e. The first-order chi connectivity index (χ1) is 11.5. The highest BCUT2D eigenvalue weighted by Gasteiger charge is 2.57. The molecular weight excluding hydrogens is 318 g/mol. The molecule has 0 saturated heterocycles. The van der Waals surface area contributed by atoms with E-state index in [0.717, 1.165) is 28.4 Å². The number of hydrogen-bond acceptors (Lipinski definition) is 3. The van der Waals surface area contributed by atoms with Gasteiger partial charge in [-0.15, -0.1) is 11.3 Å². The van der Waals surface area contributed by atoms with Crippen LogP contribution in [0.2, 0.25) is 0 Å². The summed E-state index contributed by atoms with van der Waals surface area (Å²) in [5.41, 5.74) is 1.04. The molecule has 1 heterocycles. The fraction of sp³-hybridized carbons (Fsp3) is 0.500. The Morgan fingerprint density at radius 3 is 2.88 bits per heavy atom. The molecule has 24 heavy (non-hydrogen) atoms. The van der Waals surface area contributed by atoms with Gasteiger partial charge in [0.25, 0.3) is 5.91 Å². The van der Waals surface area contributed by atoms with Crippen molar-refractivity contribution >= 4 is 33.6 Å². The van der Waals surface area contributed by atoms with E-state index in [9.17, 15) is 9.59 Å². The van der Waals surface area contributed by atoms with Crippen LogP contribution in [0.3, 0.4) is 0 Å². The van der Waals surface area contributed by atoms with Crippen LogP contribution in [-0.4, -0.2) is 18.2 Å². The summed E-state index contributed by atoms with van der Waals surface area (Å²) in [7, 11) is 0. The van der Waals surface area contributed by atoms with E-state index in [2.05, 4.69) is 19.2 Å². The van der Waals surface area contributed by atoms with E-state index in [1.807, 2.05) is 29.6 Å². The summed E-state index contributed by atoms with van der Waals surface area (Å²) < 4.78 is 1.14. The highest BCUT2D eigenvalue weighted by atomic mass is 32.1. The maximum absolute atomic E-state index is 12.9. The Morgan fingerprint density at radius 1 is 1.33 bits per heavy atom. The van der Waals surface area contributed by atoms with Gasteiger partial charge >= 0.3 is 0 Å². The van der Waals surface area contributed by atoms with Gasteiger partial charge in [0.2, 0.25) is 0 Å². The molecule has 126 valence electrons. The van der Waals surface area contributed by atoms with Gasteiger partial charge in [-0.05, 0) is 42.1 Å². The van der Waals surface area contributed by atoms with Gasteiger partial charge in [-0.25, -0.2) is 0 Å². The molecule has 4 atom stereocenters. The minimum Gasteiger partial charge on any atom is -0.349 e. The number of hydrogen-bond donors (Lipinski definition) is 1. The SMILES string of the molecule is CC1(C)C2CC(CC=O)[C@@H](NC(=O)c3csc4ccccc34)C1C2. The molecule has 4 heteroatoms. The lowest BCUT2D eigenvalue weighted by molar-refractivity contribution is -0.123. The average molecular weight is 341 g/mol. The van der Waals surface area contributed by atoms with Crippen molar-refractivity contribution in [2.24, 2.45) is 23.2 Å². The van der Waals surface area contributed by atoms with Crippen molar-refractivity contribution in [2.45, 2.75) is 39.2 Å². The fourth-order valence-electron chi connectivity index (χ4n) is 4.87. The number of carbonyl (C=O) groups excluding carboxylic acids is 2. The summed E-state index contributed by atoms with van der Waals surface area (Å²) in [5.74, 6) is 1.47. The van der Waals surface area contributed by atoms with Crippen LogP contribution in [0.4, 0.5) is 0 Å². The second kappa shape index (κ2) is 5.69. The predicted octanol–water partition coefficient (Wildman–Crippen LogP) is 4.27. The standard InChI is InChI=1S/C20H23NO2S/c1-20(2)13-9-12(7-8-22)18(16(20)10-13)21-19(23)15-11-24-17-6-4-3-5-14(15)17/h3-6,8,11-13,16,18H,7,9-10H2,1-2H3,(H,21,23)/t12?,13?,16?,18-/m1/s1. The highest BCUT2D eigenvalue weighted by Crippen LogP contribution is 2.61. The Morgan fingerprint density at radius 2 is 2.12 bits per heavy atom. The molecular formula is C20H23NO2S. The number of rotatable bonds is 4. The smallest absolute Gasteiger partial charge is 0.252 e. The van der Waals surface area contributed by atoms with E-state index in [1.165, 1.54) is 6.42 Å². The Bertz CT molecular complexity index is 794. The minimum absolute atomic E-state index is 0.00880. The van der Waals surface area contributed by atoms with E-state index in [4.69, 9.17) is 0 Å². The number of fused-ring (bicyclic) bond motifs is 3. The monoisotopic (exact) mass is 341 g/mol. The average Bonchev–Trinajstić information content (AvgIpc) is 3.00. The van der Waals surface area contributed by atoms with Crippen LogP contribution in [0.15, 0.2) is 29.6 Å². The van der Waals surface area contributed by atoms with Gasteiger partial charge in [0.1, 0.15) is 6.29 Å². The summed E-state index contributed by atoms with van der Waals surface area (Å²) in [6.07, 6.45) is 3.80. The van der Waals surface area contributed by atoms with Crippen LogP contribution in [0.25, 0.3) is 10.1 Å². The predicted molar refractivity (Wildman–Crippen MR) is 97.2 cm³/mol. The normalized spacial score (nSPS) is 30.6. The number of thiophene rings is 1. The van der Waals surface area contributed by atoms with Gasteiger partial charge in [0.05, 0.1) is 5.56 Å². The first-order valence-electron chi connectivity index (χ1n) is 8.73. The molecule has 1 N–H and O–H groups in total. The molecule has 5 rings (SSSR count). The lowest BCUT2D eigenvalue weighted by Gasteiger charge is -2.62. The minimum atomic E-state index is 0.00880. The molecule has 0 aliphatic heterocycles. The zero-order valence-corrected chi connectivity index (χ0v) is 14.9. The molecule has 1 aromatic heterocycles. The van der Waals surface area contributed by atoms with Crippen LogP contribution < -0.4 is 5.32 Å². The summed E-state index contributed by atoms with van der Waals surface area (Å²) >= 11 is 1.61. The van der Waals surface area contributed by atoms with E-state index in [0.29, 0.717) is 18.3 Å². The number of carbonyl (C=O) groups is 2. The Balaban J connectivity index is 1.60. The summed E-state index contributed by atoms with van der Waals surface area (Å²) in [5, 5.41) is 6.27.